The van der Waals surface area contributed by atoms with Crippen molar-refractivity contribution in [2.24, 2.45) is 0 Å². The number of pyridine rings is 1. The first kappa shape index (κ1) is 13.8. The van der Waals surface area contributed by atoms with Crippen molar-refractivity contribution in [1.29, 1.82) is 0 Å². The van der Waals surface area contributed by atoms with E-state index in [2.05, 4.69) is 26.1 Å². The lowest BCUT2D eigenvalue weighted by Gasteiger charge is -2.34. The summed E-state index contributed by atoms with van der Waals surface area (Å²) < 4.78 is 11.5. The molecule has 0 spiro atoms. The standard InChI is InChI=1S/C16H20N4O2/c1-11-18-16(22-19-11)15-5-4-13-14(21-15)6-8-20(13)10-12-3-2-7-17-9-12/h2-3,7,9,13-15H,4-6,8,10H2,1H3/t13-,14-,15+/m1/s1. The Morgan fingerprint density at radius 2 is 2.27 bits per heavy atom. The maximum absolute atomic E-state index is 6.22. The molecule has 2 aliphatic heterocycles. The van der Waals surface area contributed by atoms with Crippen LogP contribution in [0.4, 0.5) is 0 Å². The zero-order valence-corrected chi connectivity index (χ0v) is 12.7. The summed E-state index contributed by atoms with van der Waals surface area (Å²) in [5.74, 6) is 1.30. The molecule has 0 unspecified atom stereocenters. The summed E-state index contributed by atoms with van der Waals surface area (Å²) in [5, 5.41) is 3.86. The highest BCUT2D eigenvalue weighted by molar-refractivity contribution is 5.09. The van der Waals surface area contributed by atoms with E-state index in [1.807, 2.05) is 25.4 Å². The Kier molecular flexibility index (Phi) is 3.63. The van der Waals surface area contributed by atoms with Gasteiger partial charge in [-0.15, -0.1) is 0 Å². The van der Waals surface area contributed by atoms with Crippen LogP contribution in [0, 0.1) is 6.92 Å². The maximum atomic E-state index is 6.22. The van der Waals surface area contributed by atoms with Gasteiger partial charge in [-0.2, -0.15) is 4.98 Å². The second kappa shape index (κ2) is 5.78. The molecule has 2 aliphatic rings. The molecule has 0 bridgehead atoms. The molecule has 0 radical (unpaired) electrons. The van der Waals surface area contributed by atoms with Crippen molar-refractivity contribution in [2.75, 3.05) is 6.54 Å². The van der Waals surface area contributed by atoms with Crippen LogP contribution < -0.4 is 0 Å². The molecule has 4 heterocycles. The SMILES string of the molecule is Cc1noc([C@@H]2CC[C@@H]3[C@@H](CCN3Cc3cccnc3)O2)n1. The van der Waals surface area contributed by atoms with Crippen molar-refractivity contribution in [3.05, 3.63) is 41.8 Å². The molecule has 0 N–H and O–H groups in total. The van der Waals surface area contributed by atoms with Crippen LogP contribution in [0.25, 0.3) is 0 Å². The molecule has 0 aromatic carbocycles. The summed E-state index contributed by atoms with van der Waals surface area (Å²) in [7, 11) is 0. The van der Waals surface area contributed by atoms with Crippen LogP contribution >= 0.6 is 0 Å². The summed E-state index contributed by atoms with van der Waals surface area (Å²) in [6.45, 7) is 3.85. The zero-order chi connectivity index (χ0) is 14.9. The van der Waals surface area contributed by atoms with Gasteiger partial charge in [-0.1, -0.05) is 11.2 Å². The molecule has 6 heteroatoms. The van der Waals surface area contributed by atoms with Gasteiger partial charge in [0.2, 0.25) is 0 Å². The normalized spacial score (nSPS) is 28.7. The molecule has 2 fully saturated rings. The second-order valence-electron chi connectivity index (χ2n) is 6.11. The van der Waals surface area contributed by atoms with Crippen LogP contribution in [0.2, 0.25) is 0 Å². The van der Waals surface area contributed by atoms with Crippen molar-refractivity contribution >= 4 is 0 Å². The van der Waals surface area contributed by atoms with Crippen molar-refractivity contribution in [2.45, 2.75) is 51.0 Å². The van der Waals surface area contributed by atoms with Crippen LogP contribution in [0.3, 0.4) is 0 Å². The number of aryl methyl sites for hydroxylation is 1. The number of rotatable bonds is 3. The number of hydrogen-bond donors (Lipinski definition) is 0. The largest absolute Gasteiger partial charge is 0.363 e. The van der Waals surface area contributed by atoms with Gasteiger partial charge in [0.1, 0.15) is 6.10 Å². The van der Waals surface area contributed by atoms with Crippen LogP contribution in [0.1, 0.15) is 42.6 Å². The van der Waals surface area contributed by atoms with Crippen LogP contribution in [0.5, 0.6) is 0 Å². The molecular weight excluding hydrogens is 280 g/mol. The lowest BCUT2D eigenvalue weighted by molar-refractivity contribution is -0.0831. The van der Waals surface area contributed by atoms with Crippen molar-refractivity contribution < 1.29 is 9.26 Å². The third-order valence-electron chi connectivity index (χ3n) is 4.59. The van der Waals surface area contributed by atoms with Gasteiger partial charge in [0.05, 0.1) is 6.10 Å². The number of fused-ring (bicyclic) bond motifs is 1. The predicted molar refractivity (Wildman–Crippen MR) is 78.9 cm³/mol. The second-order valence-corrected chi connectivity index (χ2v) is 6.11. The maximum Gasteiger partial charge on any atom is 0.255 e. The fourth-order valence-corrected chi connectivity index (χ4v) is 3.56. The van der Waals surface area contributed by atoms with Crippen molar-refractivity contribution in [1.82, 2.24) is 20.0 Å². The Labute approximate surface area is 129 Å². The average molecular weight is 300 g/mol. The molecule has 22 heavy (non-hydrogen) atoms. The first-order valence-corrected chi connectivity index (χ1v) is 7.88. The minimum atomic E-state index is -0.0409. The van der Waals surface area contributed by atoms with Crippen LogP contribution in [0.15, 0.2) is 29.0 Å². The van der Waals surface area contributed by atoms with Gasteiger partial charge in [0.15, 0.2) is 5.82 Å². The fraction of sp³-hybridized carbons (Fsp3) is 0.562. The number of aromatic nitrogens is 3. The summed E-state index contributed by atoms with van der Waals surface area (Å²) >= 11 is 0. The van der Waals surface area contributed by atoms with Gasteiger partial charge >= 0.3 is 0 Å². The molecular formula is C16H20N4O2. The van der Waals surface area contributed by atoms with E-state index in [0.29, 0.717) is 17.8 Å². The fourth-order valence-electron chi connectivity index (χ4n) is 3.56. The molecule has 2 aromatic heterocycles. The molecule has 3 atom stereocenters. The van der Waals surface area contributed by atoms with Gasteiger partial charge in [0.25, 0.3) is 5.89 Å². The van der Waals surface area contributed by atoms with E-state index in [0.717, 1.165) is 32.4 Å². The molecule has 2 saturated heterocycles. The van der Waals surface area contributed by atoms with E-state index >= 15 is 0 Å². The third kappa shape index (κ3) is 2.64. The average Bonchev–Trinajstić information content (AvgIpc) is 3.15. The summed E-state index contributed by atoms with van der Waals surface area (Å²) in [5.41, 5.74) is 1.26. The highest BCUT2D eigenvalue weighted by Crippen LogP contribution is 2.37. The third-order valence-corrected chi connectivity index (χ3v) is 4.59. The van der Waals surface area contributed by atoms with E-state index in [-0.39, 0.29) is 12.2 Å². The Balaban J connectivity index is 1.42. The van der Waals surface area contributed by atoms with E-state index in [4.69, 9.17) is 9.26 Å². The highest BCUT2D eigenvalue weighted by atomic mass is 16.5. The Hall–Kier alpha value is -1.79. The van der Waals surface area contributed by atoms with Gasteiger partial charge < -0.3 is 9.26 Å². The highest BCUT2D eigenvalue weighted by Gasteiger charge is 2.41. The lowest BCUT2D eigenvalue weighted by atomic mass is 9.99. The topological polar surface area (TPSA) is 64.3 Å². The van der Waals surface area contributed by atoms with E-state index in [9.17, 15) is 0 Å². The number of nitrogens with zero attached hydrogens (tertiary/aromatic N) is 4. The van der Waals surface area contributed by atoms with Crippen LogP contribution in [-0.4, -0.2) is 38.7 Å². The minimum Gasteiger partial charge on any atom is -0.363 e. The Morgan fingerprint density at radius 1 is 1.32 bits per heavy atom. The number of ether oxygens (including phenoxy) is 1. The van der Waals surface area contributed by atoms with Crippen molar-refractivity contribution in [3.8, 4) is 0 Å². The molecule has 2 aromatic rings. The van der Waals surface area contributed by atoms with Crippen molar-refractivity contribution in [3.63, 3.8) is 0 Å². The molecule has 116 valence electrons. The van der Waals surface area contributed by atoms with Gasteiger partial charge in [-0.05, 0) is 37.8 Å². The molecule has 0 aliphatic carbocycles. The summed E-state index contributed by atoms with van der Waals surface area (Å²) in [4.78, 5) is 11.0. The number of hydrogen-bond acceptors (Lipinski definition) is 6. The van der Waals surface area contributed by atoms with E-state index in [1.54, 1.807) is 0 Å². The molecule has 6 nitrogen and oxygen atoms in total. The monoisotopic (exact) mass is 300 g/mol. The molecule has 4 rings (SSSR count). The quantitative estimate of drug-likeness (QED) is 0.866. The first-order valence-electron chi connectivity index (χ1n) is 7.88. The van der Waals surface area contributed by atoms with Gasteiger partial charge in [-0.25, -0.2) is 0 Å². The molecule has 0 saturated carbocycles. The zero-order valence-electron chi connectivity index (χ0n) is 12.7. The molecule has 0 amide bonds. The van der Waals surface area contributed by atoms with E-state index in [1.165, 1.54) is 5.56 Å². The van der Waals surface area contributed by atoms with Crippen LogP contribution in [-0.2, 0) is 11.3 Å². The lowest BCUT2D eigenvalue weighted by Crippen LogP contribution is -2.40. The number of likely N-dealkylation sites (tertiary alicyclic amines) is 1. The van der Waals surface area contributed by atoms with E-state index < -0.39 is 0 Å². The minimum absolute atomic E-state index is 0.0409. The smallest absolute Gasteiger partial charge is 0.255 e. The Morgan fingerprint density at radius 3 is 3.05 bits per heavy atom. The summed E-state index contributed by atoms with van der Waals surface area (Å²) in [6, 6.07) is 4.61. The first-order chi connectivity index (χ1) is 10.8. The summed E-state index contributed by atoms with van der Waals surface area (Å²) in [6.07, 6.45) is 7.10. The predicted octanol–water partition coefficient (Wildman–Crippen LogP) is 2.27. The van der Waals surface area contributed by atoms with Gasteiger partial charge in [0, 0.05) is 31.5 Å². The van der Waals surface area contributed by atoms with Gasteiger partial charge in [-0.3, -0.25) is 9.88 Å². The Bertz CT molecular complexity index is 630.